The number of carbonyl (C=O) groups excluding carboxylic acids is 1. The van der Waals surface area contributed by atoms with Crippen molar-refractivity contribution < 1.29 is 22.5 Å². The van der Waals surface area contributed by atoms with Crippen LogP contribution >= 0.6 is 11.8 Å². The molecule has 33 heavy (non-hydrogen) atoms. The predicted octanol–water partition coefficient (Wildman–Crippen LogP) is 4.56. The Balaban J connectivity index is 1.59. The largest absolute Gasteiger partial charge is 0.418 e. The van der Waals surface area contributed by atoms with Crippen molar-refractivity contribution in [2.75, 3.05) is 17.3 Å². The number of thioether (sulfide) groups is 1. The third-order valence-corrected chi connectivity index (χ3v) is 5.30. The number of hydrogen-bond donors (Lipinski definition) is 2. The van der Waals surface area contributed by atoms with Crippen molar-refractivity contribution >= 4 is 29.2 Å². The number of nitrogens with one attached hydrogen (secondary N) is 1. The third-order valence-electron chi connectivity index (χ3n) is 4.62. The lowest BCUT2D eigenvalue weighted by molar-refractivity contribution is -0.137. The summed E-state index contributed by atoms with van der Waals surface area (Å²) in [6.45, 7) is -0.411. The minimum Gasteiger partial charge on any atom is -0.383 e. The zero-order valence-electron chi connectivity index (χ0n) is 17.1. The van der Waals surface area contributed by atoms with Gasteiger partial charge in [0, 0.05) is 5.56 Å². The molecule has 0 saturated heterocycles. The van der Waals surface area contributed by atoms with E-state index < -0.39 is 24.2 Å². The topological polar surface area (TPSA) is 112 Å². The van der Waals surface area contributed by atoms with E-state index in [-0.39, 0.29) is 17.4 Å². The Morgan fingerprint density at radius 1 is 1.15 bits per heavy atom. The number of halogens is 3. The summed E-state index contributed by atoms with van der Waals surface area (Å²) < 4.78 is 46.1. The van der Waals surface area contributed by atoms with Crippen LogP contribution in [0.15, 0.2) is 64.1 Å². The van der Waals surface area contributed by atoms with E-state index in [0.29, 0.717) is 16.4 Å². The van der Waals surface area contributed by atoms with Crippen LogP contribution in [0.3, 0.4) is 0 Å². The summed E-state index contributed by atoms with van der Waals surface area (Å²) in [6.07, 6.45) is -2.86. The van der Waals surface area contributed by atoms with E-state index in [1.54, 1.807) is 6.26 Å². The van der Waals surface area contributed by atoms with Gasteiger partial charge in [-0.25, -0.2) is 4.68 Å². The molecule has 12 heteroatoms. The van der Waals surface area contributed by atoms with Gasteiger partial charge in [0.15, 0.2) is 0 Å². The molecule has 0 aliphatic rings. The molecule has 170 valence electrons. The molecule has 0 atom stereocenters. The van der Waals surface area contributed by atoms with Gasteiger partial charge in [0.2, 0.25) is 11.7 Å². The molecule has 4 aromatic rings. The number of nitrogens with two attached hydrogens (primary N) is 1. The second kappa shape index (κ2) is 8.98. The Morgan fingerprint density at radius 2 is 1.85 bits per heavy atom. The highest BCUT2D eigenvalue weighted by Gasteiger charge is 2.33. The molecule has 1 amide bonds. The molecule has 2 heterocycles. The van der Waals surface area contributed by atoms with Crippen LogP contribution in [0.25, 0.3) is 22.8 Å². The maximum Gasteiger partial charge on any atom is 0.418 e. The van der Waals surface area contributed by atoms with E-state index in [9.17, 15) is 18.0 Å². The van der Waals surface area contributed by atoms with Crippen LogP contribution in [0.4, 0.5) is 24.7 Å². The van der Waals surface area contributed by atoms with E-state index >= 15 is 0 Å². The number of para-hydroxylation sites is 1. The fourth-order valence-corrected chi connectivity index (χ4v) is 3.69. The SMILES string of the molecule is CSc1nn(CC(=O)Nc2ccccc2C(F)(F)F)c(N)c1-c1nc(-c2ccccc2)no1. The molecule has 4 rings (SSSR count). The van der Waals surface area contributed by atoms with Crippen molar-refractivity contribution in [1.29, 1.82) is 0 Å². The Hall–Kier alpha value is -3.80. The van der Waals surface area contributed by atoms with Gasteiger partial charge in [-0.15, -0.1) is 11.8 Å². The Bertz CT molecular complexity index is 1290. The highest BCUT2D eigenvalue weighted by molar-refractivity contribution is 7.98. The minimum atomic E-state index is -4.61. The number of alkyl halides is 3. The Morgan fingerprint density at radius 3 is 2.55 bits per heavy atom. The number of rotatable bonds is 6. The average molecular weight is 474 g/mol. The molecular formula is C21H17F3N6O2S. The monoisotopic (exact) mass is 474 g/mol. The molecule has 2 aromatic heterocycles. The van der Waals surface area contributed by atoms with Gasteiger partial charge in [-0.05, 0) is 18.4 Å². The van der Waals surface area contributed by atoms with Gasteiger partial charge in [0.1, 0.15) is 23.0 Å². The molecular weight excluding hydrogens is 457 g/mol. The molecule has 2 aromatic carbocycles. The van der Waals surface area contributed by atoms with Crippen LogP contribution in [-0.2, 0) is 17.5 Å². The van der Waals surface area contributed by atoms with E-state index in [0.717, 1.165) is 11.6 Å². The fraction of sp³-hybridized carbons (Fsp3) is 0.143. The Kier molecular flexibility index (Phi) is 6.09. The predicted molar refractivity (Wildman–Crippen MR) is 117 cm³/mol. The smallest absolute Gasteiger partial charge is 0.383 e. The third kappa shape index (κ3) is 4.70. The van der Waals surface area contributed by atoms with E-state index in [2.05, 4.69) is 20.6 Å². The van der Waals surface area contributed by atoms with Gasteiger partial charge in [-0.3, -0.25) is 4.79 Å². The van der Waals surface area contributed by atoms with E-state index in [4.69, 9.17) is 10.3 Å². The molecule has 0 spiro atoms. The molecule has 0 saturated carbocycles. The summed E-state index contributed by atoms with van der Waals surface area (Å²) in [5, 5.41) is 10.9. The van der Waals surface area contributed by atoms with Crippen LogP contribution in [0, 0.1) is 0 Å². The summed E-state index contributed by atoms with van der Waals surface area (Å²) >= 11 is 1.25. The zero-order valence-corrected chi connectivity index (χ0v) is 17.9. The van der Waals surface area contributed by atoms with E-state index in [1.165, 1.54) is 34.6 Å². The molecule has 0 aliphatic heterocycles. The van der Waals surface area contributed by atoms with Gasteiger partial charge in [-0.1, -0.05) is 47.6 Å². The second-order valence-electron chi connectivity index (χ2n) is 6.81. The lowest BCUT2D eigenvalue weighted by Crippen LogP contribution is -2.22. The van der Waals surface area contributed by atoms with Crippen LogP contribution in [0.1, 0.15) is 5.56 Å². The zero-order chi connectivity index (χ0) is 23.6. The van der Waals surface area contributed by atoms with Gasteiger partial charge >= 0.3 is 6.18 Å². The molecule has 3 N–H and O–H groups in total. The summed E-state index contributed by atoms with van der Waals surface area (Å²) in [6, 6.07) is 13.9. The number of nitrogens with zero attached hydrogens (tertiary/aromatic N) is 4. The quantitative estimate of drug-likeness (QED) is 0.394. The maximum absolute atomic E-state index is 13.2. The molecule has 0 radical (unpaired) electrons. The average Bonchev–Trinajstić information content (AvgIpc) is 3.38. The van der Waals surface area contributed by atoms with Gasteiger partial charge in [-0.2, -0.15) is 23.3 Å². The first kappa shape index (κ1) is 22.4. The van der Waals surface area contributed by atoms with Crippen molar-refractivity contribution in [2.45, 2.75) is 17.7 Å². The van der Waals surface area contributed by atoms with Gasteiger partial charge in [0.05, 0.1) is 11.3 Å². The maximum atomic E-state index is 13.2. The number of carbonyl (C=O) groups is 1. The van der Waals surface area contributed by atoms with Crippen LogP contribution in [0.2, 0.25) is 0 Å². The molecule has 0 aliphatic carbocycles. The van der Waals surface area contributed by atoms with E-state index in [1.807, 2.05) is 30.3 Å². The van der Waals surface area contributed by atoms with Crippen LogP contribution < -0.4 is 11.1 Å². The van der Waals surface area contributed by atoms with Crippen molar-refractivity contribution in [1.82, 2.24) is 19.9 Å². The summed E-state index contributed by atoms with van der Waals surface area (Å²) in [5.41, 5.74) is 5.99. The number of hydrogen-bond acceptors (Lipinski definition) is 7. The minimum absolute atomic E-state index is 0.0712. The van der Waals surface area contributed by atoms with Crippen molar-refractivity contribution in [3.05, 3.63) is 60.2 Å². The summed E-state index contributed by atoms with van der Waals surface area (Å²) in [5.74, 6) is -0.187. The Labute approximate surface area is 190 Å². The van der Waals surface area contributed by atoms with Crippen LogP contribution in [-0.4, -0.2) is 32.1 Å². The lowest BCUT2D eigenvalue weighted by atomic mass is 10.1. The fourth-order valence-electron chi connectivity index (χ4n) is 3.11. The molecule has 8 nitrogen and oxygen atoms in total. The number of aromatic nitrogens is 4. The lowest BCUT2D eigenvalue weighted by Gasteiger charge is -2.13. The van der Waals surface area contributed by atoms with Crippen molar-refractivity contribution in [3.8, 4) is 22.8 Å². The second-order valence-corrected chi connectivity index (χ2v) is 7.60. The van der Waals surface area contributed by atoms with Crippen molar-refractivity contribution in [2.24, 2.45) is 0 Å². The number of nitrogen functional groups attached to an aromatic ring is 1. The number of anilines is 2. The highest BCUT2D eigenvalue weighted by atomic mass is 32.2. The first-order valence-corrected chi connectivity index (χ1v) is 10.8. The summed E-state index contributed by atoms with van der Waals surface area (Å²) in [4.78, 5) is 16.9. The number of benzene rings is 2. The molecule has 0 fully saturated rings. The first-order valence-electron chi connectivity index (χ1n) is 9.53. The molecule has 0 bridgehead atoms. The number of amides is 1. The summed E-state index contributed by atoms with van der Waals surface area (Å²) in [7, 11) is 0. The van der Waals surface area contributed by atoms with Crippen LogP contribution in [0.5, 0.6) is 0 Å². The first-order chi connectivity index (χ1) is 15.8. The van der Waals surface area contributed by atoms with Gasteiger partial charge < -0.3 is 15.6 Å². The van der Waals surface area contributed by atoms with Gasteiger partial charge in [0.25, 0.3) is 5.89 Å². The van der Waals surface area contributed by atoms with Crippen molar-refractivity contribution in [3.63, 3.8) is 0 Å². The molecule has 0 unspecified atom stereocenters. The standard InChI is InChI=1S/C21H17F3N6O2S/c1-33-20-16(19-27-18(29-32-19)12-7-3-2-4-8-12)17(25)30(28-20)11-15(31)26-14-10-6-5-9-13(14)21(22,23)24/h2-10H,11,25H2,1H3,(H,26,31). The highest BCUT2D eigenvalue weighted by Crippen LogP contribution is 2.36. The normalized spacial score (nSPS) is 11.5.